The fourth-order valence-electron chi connectivity index (χ4n) is 2.54. The van der Waals surface area contributed by atoms with Crippen LogP contribution < -0.4 is 5.32 Å². The molecule has 0 bridgehead atoms. The summed E-state index contributed by atoms with van der Waals surface area (Å²) < 4.78 is 15.4. The first kappa shape index (κ1) is 23.1. The SMILES string of the molecule is CCCCCC(=O)N(CCCOC)Cc1nc(C(=O)NCCCOC)co1. The van der Waals surface area contributed by atoms with Gasteiger partial charge in [0, 0.05) is 46.9 Å². The summed E-state index contributed by atoms with van der Waals surface area (Å²) in [7, 11) is 3.26. The average molecular weight is 383 g/mol. The van der Waals surface area contributed by atoms with Crippen molar-refractivity contribution in [2.75, 3.05) is 40.5 Å². The molecule has 0 atom stereocenters. The van der Waals surface area contributed by atoms with E-state index in [1.54, 1.807) is 19.1 Å². The number of carbonyl (C=O) groups excluding carboxylic acids is 2. The van der Waals surface area contributed by atoms with Crippen molar-refractivity contribution in [3.05, 3.63) is 17.8 Å². The molecule has 0 spiro atoms. The van der Waals surface area contributed by atoms with Gasteiger partial charge >= 0.3 is 0 Å². The molecule has 1 aromatic rings. The van der Waals surface area contributed by atoms with Crippen molar-refractivity contribution in [3.8, 4) is 0 Å². The molecule has 27 heavy (non-hydrogen) atoms. The van der Waals surface area contributed by atoms with Gasteiger partial charge in [0.15, 0.2) is 5.69 Å². The summed E-state index contributed by atoms with van der Waals surface area (Å²) in [5.74, 6) is 0.142. The van der Waals surface area contributed by atoms with E-state index >= 15 is 0 Å². The summed E-state index contributed by atoms with van der Waals surface area (Å²) in [4.78, 5) is 30.5. The first-order valence-corrected chi connectivity index (χ1v) is 9.60. The van der Waals surface area contributed by atoms with Gasteiger partial charge in [-0.3, -0.25) is 9.59 Å². The predicted molar refractivity (Wildman–Crippen MR) is 101 cm³/mol. The number of nitrogens with one attached hydrogen (secondary N) is 1. The molecule has 1 N–H and O–H groups in total. The lowest BCUT2D eigenvalue weighted by Gasteiger charge is -2.21. The minimum atomic E-state index is -0.290. The smallest absolute Gasteiger partial charge is 0.273 e. The van der Waals surface area contributed by atoms with Crippen LogP contribution in [0.3, 0.4) is 0 Å². The summed E-state index contributed by atoms with van der Waals surface area (Å²) in [6, 6.07) is 0. The number of unbranched alkanes of at least 4 members (excludes halogenated alkanes) is 2. The number of methoxy groups -OCH3 is 2. The van der Waals surface area contributed by atoms with Crippen LogP contribution in [-0.4, -0.2) is 62.2 Å². The van der Waals surface area contributed by atoms with Crippen LogP contribution in [0.25, 0.3) is 0 Å². The number of amides is 2. The first-order chi connectivity index (χ1) is 13.1. The Kier molecular flexibility index (Phi) is 12.1. The molecule has 0 saturated carbocycles. The third kappa shape index (κ3) is 9.53. The van der Waals surface area contributed by atoms with E-state index in [-0.39, 0.29) is 24.1 Å². The van der Waals surface area contributed by atoms with E-state index in [2.05, 4.69) is 17.2 Å². The average Bonchev–Trinajstić information content (AvgIpc) is 3.13. The van der Waals surface area contributed by atoms with Crippen LogP contribution in [0, 0.1) is 0 Å². The number of hydrogen-bond acceptors (Lipinski definition) is 6. The van der Waals surface area contributed by atoms with Gasteiger partial charge in [0.25, 0.3) is 5.91 Å². The quantitative estimate of drug-likeness (QED) is 0.467. The van der Waals surface area contributed by atoms with Crippen molar-refractivity contribution in [2.24, 2.45) is 0 Å². The summed E-state index contributed by atoms with van der Waals surface area (Å²) in [6.07, 6.45) is 6.28. The molecule has 0 aliphatic rings. The van der Waals surface area contributed by atoms with Crippen LogP contribution in [0.4, 0.5) is 0 Å². The zero-order chi connectivity index (χ0) is 19.9. The lowest BCUT2D eigenvalue weighted by atomic mass is 10.2. The van der Waals surface area contributed by atoms with E-state index in [9.17, 15) is 9.59 Å². The molecule has 0 unspecified atom stereocenters. The van der Waals surface area contributed by atoms with Gasteiger partial charge in [-0.05, 0) is 19.3 Å². The maximum atomic E-state index is 12.5. The number of oxazole rings is 1. The monoisotopic (exact) mass is 383 g/mol. The highest BCUT2D eigenvalue weighted by atomic mass is 16.5. The van der Waals surface area contributed by atoms with Gasteiger partial charge in [-0.1, -0.05) is 19.8 Å². The van der Waals surface area contributed by atoms with Gasteiger partial charge in [0.1, 0.15) is 6.26 Å². The molecule has 1 rings (SSSR count). The Balaban J connectivity index is 2.59. The molecule has 1 aromatic heterocycles. The van der Waals surface area contributed by atoms with Crippen molar-refractivity contribution < 1.29 is 23.5 Å². The topological polar surface area (TPSA) is 93.9 Å². The Hall–Kier alpha value is -1.93. The van der Waals surface area contributed by atoms with Crippen molar-refractivity contribution in [3.63, 3.8) is 0 Å². The van der Waals surface area contributed by atoms with E-state index in [0.29, 0.717) is 38.6 Å². The fraction of sp³-hybridized carbons (Fsp3) is 0.737. The summed E-state index contributed by atoms with van der Waals surface area (Å²) in [6.45, 7) is 4.61. The predicted octanol–water partition coefficient (Wildman–Crippen LogP) is 2.39. The van der Waals surface area contributed by atoms with Crippen molar-refractivity contribution in [1.82, 2.24) is 15.2 Å². The first-order valence-electron chi connectivity index (χ1n) is 9.60. The highest BCUT2D eigenvalue weighted by molar-refractivity contribution is 5.91. The molecule has 0 aromatic carbocycles. The van der Waals surface area contributed by atoms with E-state index in [1.807, 2.05) is 0 Å². The standard InChI is InChI=1S/C19H33N3O5/c1-4-5-6-9-18(23)22(11-8-13-26-3)14-17-21-16(15-27-17)19(24)20-10-7-12-25-2/h15H,4-14H2,1-3H3,(H,20,24). The molecule has 0 saturated heterocycles. The lowest BCUT2D eigenvalue weighted by Crippen LogP contribution is -2.32. The molecule has 0 radical (unpaired) electrons. The van der Waals surface area contributed by atoms with E-state index in [0.717, 1.165) is 32.1 Å². The van der Waals surface area contributed by atoms with Crippen LogP contribution in [-0.2, 0) is 20.8 Å². The second-order valence-electron chi connectivity index (χ2n) is 6.35. The molecule has 2 amide bonds. The van der Waals surface area contributed by atoms with Gasteiger partial charge in [0.05, 0.1) is 6.54 Å². The fourth-order valence-corrected chi connectivity index (χ4v) is 2.54. The summed E-state index contributed by atoms with van der Waals surface area (Å²) in [5, 5.41) is 2.76. The molecule has 1 heterocycles. The van der Waals surface area contributed by atoms with E-state index in [1.165, 1.54) is 6.26 Å². The van der Waals surface area contributed by atoms with Crippen LogP contribution in [0.1, 0.15) is 61.8 Å². The highest BCUT2D eigenvalue weighted by Gasteiger charge is 2.18. The van der Waals surface area contributed by atoms with Gasteiger partial charge in [-0.15, -0.1) is 0 Å². The Bertz CT molecular complexity index is 547. The number of hydrogen-bond donors (Lipinski definition) is 1. The molecule has 154 valence electrons. The van der Waals surface area contributed by atoms with E-state index in [4.69, 9.17) is 13.9 Å². The van der Waals surface area contributed by atoms with Crippen molar-refractivity contribution in [2.45, 2.75) is 52.0 Å². The van der Waals surface area contributed by atoms with Crippen LogP contribution in [0.2, 0.25) is 0 Å². The molecule has 8 nitrogen and oxygen atoms in total. The number of nitrogens with zero attached hydrogens (tertiary/aromatic N) is 2. The number of aromatic nitrogens is 1. The summed E-state index contributed by atoms with van der Waals surface area (Å²) in [5.41, 5.74) is 0.220. The molecule has 0 aliphatic heterocycles. The second kappa shape index (κ2) is 14.2. The lowest BCUT2D eigenvalue weighted by molar-refractivity contribution is -0.132. The minimum Gasteiger partial charge on any atom is -0.446 e. The zero-order valence-corrected chi connectivity index (χ0v) is 16.8. The second-order valence-corrected chi connectivity index (χ2v) is 6.35. The Morgan fingerprint density at radius 3 is 2.59 bits per heavy atom. The Morgan fingerprint density at radius 2 is 1.89 bits per heavy atom. The minimum absolute atomic E-state index is 0.0725. The Morgan fingerprint density at radius 1 is 1.15 bits per heavy atom. The van der Waals surface area contributed by atoms with Gasteiger partial charge < -0.3 is 24.1 Å². The van der Waals surface area contributed by atoms with Gasteiger partial charge in [0.2, 0.25) is 11.8 Å². The molecule has 0 fully saturated rings. The molecular formula is C19H33N3O5. The molecule has 8 heteroatoms. The maximum Gasteiger partial charge on any atom is 0.273 e. The maximum absolute atomic E-state index is 12.5. The van der Waals surface area contributed by atoms with Crippen LogP contribution in [0.5, 0.6) is 0 Å². The number of ether oxygens (including phenoxy) is 2. The number of carbonyl (C=O) groups is 2. The molecule has 0 aliphatic carbocycles. The normalized spacial score (nSPS) is 10.8. The summed E-state index contributed by atoms with van der Waals surface area (Å²) >= 11 is 0. The molecular weight excluding hydrogens is 350 g/mol. The van der Waals surface area contributed by atoms with Crippen LogP contribution >= 0.6 is 0 Å². The Labute approximate surface area is 161 Å². The largest absolute Gasteiger partial charge is 0.446 e. The third-order valence-electron chi connectivity index (χ3n) is 4.04. The number of rotatable bonds is 15. The van der Waals surface area contributed by atoms with Gasteiger partial charge in [-0.25, -0.2) is 4.98 Å². The third-order valence-corrected chi connectivity index (χ3v) is 4.04. The van der Waals surface area contributed by atoms with Gasteiger partial charge in [-0.2, -0.15) is 0 Å². The van der Waals surface area contributed by atoms with Crippen molar-refractivity contribution >= 4 is 11.8 Å². The van der Waals surface area contributed by atoms with Crippen LogP contribution in [0.15, 0.2) is 10.7 Å². The zero-order valence-electron chi connectivity index (χ0n) is 16.8. The van der Waals surface area contributed by atoms with E-state index < -0.39 is 0 Å². The van der Waals surface area contributed by atoms with Crippen molar-refractivity contribution in [1.29, 1.82) is 0 Å². The highest BCUT2D eigenvalue weighted by Crippen LogP contribution is 2.10.